The molecule has 2 rings (SSSR count). The molecule has 0 heterocycles. The number of esters is 1. The summed E-state index contributed by atoms with van der Waals surface area (Å²) >= 11 is 16.9. The molecule has 2 aromatic rings. The van der Waals surface area contributed by atoms with Crippen molar-refractivity contribution in [3.63, 3.8) is 0 Å². The number of benzene rings is 2. The summed E-state index contributed by atoms with van der Waals surface area (Å²) in [5.74, 6) is -0.732. The third kappa shape index (κ3) is 7.60. The van der Waals surface area contributed by atoms with E-state index in [0.29, 0.717) is 11.8 Å². The lowest BCUT2D eigenvalue weighted by molar-refractivity contribution is 0.0282. The number of oxime groups is 1. The van der Waals surface area contributed by atoms with Crippen LogP contribution in [0.25, 0.3) is 0 Å². The van der Waals surface area contributed by atoms with Crippen LogP contribution in [0.15, 0.2) is 46.4 Å². The Bertz CT molecular complexity index is 1080. The fourth-order valence-electron chi connectivity index (χ4n) is 2.53. The molecule has 2 unspecified atom stereocenters. The minimum Gasteiger partial charge on any atom is -0.459 e. The zero-order chi connectivity index (χ0) is 23.9. The van der Waals surface area contributed by atoms with E-state index in [1.165, 1.54) is 12.1 Å². The van der Waals surface area contributed by atoms with Gasteiger partial charge in [-0.1, -0.05) is 46.1 Å². The molecule has 0 aliphatic rings. The lowest BCUT2D eigenvalue weighted by atomic mass is 10.1. The third-order valence-electron chi connectivity index (χ3n) is 4.18. The summed E-state index contributed by atoms with van der Waals surface area (Å²) < 4.78 is 53.9. The molecule has 32 heavy (non-hydrogen) atoms. The van der Waals surface area contributed by atoms with Crippen molar-refractivity contribution < 1.29 is 30.9 Å². The molecule has 0 bridgehead atoms. The Morgan fingerprint density at radius 2 is 1.81 bits per heavy atom. The summed E-state index contributed by atoms with van der Waals surface area (Å²) in [4.78, 5) is 11.9. The van der Waals surface area contributed by atoms with Gasteiger partial charge in [0, 0.05) is 11.4 Å². The molecule has 7 nitrogen and oxygen atoms in total. The SMILES string of the molecule is Cc1ccc(C(=O)OCC(CC(F)/C=N/OCl)OS(=O)(=O)c2cc(C)c(Cl)cc2Cl)cc1. The standard InChI is InChI=1S/C20H19Cl3FNO6S/c1-12-3-5-14(6-4-12)20(26)29-11-16(8-15(24)10-25-31-23)30-32(27,28)19-7-13(2)17(21)9-18(19)22/h3-7,9-10,15-16H,8,11H2,1-2H3/b25-10+. The van der Waals surface area contributed by atoms with Crippen LogP contribution < -0.4 is 0 Å². The van der Waals surface area contributed by atoms with E-state index in [9.17, 15) is 17.6 Å². The largest absolute Gasteiger partial charge is 0.459 e. The molecule has 0 fully saturated rings. The summed E-state index contributed by atoms with van der Waals surface area (Å²) in [6.45, 7) is 2.87. The first kappa shape index (κ1) is 26.3. The summed E-state index contributed by atoms with van der Waals surface area (Å²) in [6, 6.07) is 8.99. The zero-order valence-electron chi connectivity index (χ0n) is 16.9. The Morgan fingerprint density at radius 1 is 1.16 bits per heavy atom. The van der Waals surface area contributed by atoms with Gasteiger partial charge in [0.25, 0.3) is 10.1 Å². The van der Waals surface area contributed by atoms with Crippen LogP contribution >= 0.6 is 35.1 Å². The summed E-state index contributed by atoms with van der Waals surface area (Å²) in [5.41, 5.74) is 1.61. The van der Waals surface area contributed by atoms with Crippen LogP contribution in [0, 0.1) is 13.8 Å². The van der Waals surface area contributed by atoms with Crippen molar-refractivity contribution in [3.05, 3.63) is 63.1 Å². The maximum absolute atomic E-state index is 14.2. The highest BCUT2D eigenvalue weighted by Crippen LogP contribution is 2.30. The predicted octanol–water partition coefficient (Wildman–Crippen LogP) is 5.43. The zero-order valence-corrected chi connectivity index (χ0v) is 20.0. The van der Waals surface area contributed by atoms with Crippen LogP contribution in [-0.2, 0) is 23.4 Å². The van der Waals surface area contributed by atoms with Crippen LogP contribution in [0.5, 0.6) is 0 Å². The van der Waals surface area contributed by atoms with Gasteiger partial charge in [0.1, 0.15) is 23.8 Å². The first-order valence-corrected chi connectivity index (χ1v) is 11.6. The number of hydrogen-bond donors (Lipinski definition) is 0. The van der Waals surface area contributed by atoms with E-state index in [1.807, 2.05) is 6.92 Å². The second kappa shape index (κ2) is 11.8. The highest BCUT2D eigenvalue weighted by atomic mass is 35.5. The van der Waals surface area contributed by atoms with Gasteiger partial charge in [-0.2, -0.15) is 8.42 Å². The van der Waals surface area contributed by atoms with E-state index in [2.05, 4.69) is 9.55 Å². The number of alkyl halides is 1. The number of ether oxygens (including phenoxy) is 1. The number of nitrogens with zero attached hydrogens (tertiary/aromatic N) is 1. The first-order valence-electron chi connectivity index (χ1n) is 9.11. The van der Waals surface area contributed by atoms with Gasteiger partial charge in [-0.25, -0.2) is 9.18 Å². The van der Waals surface area contributed by atoms with Crippen molar-refractivity contribution in [2.75, 3.05) is 6.61 Å². The van der Waals surface area contributed by atoms with Crippen LogP contribution in [0.3, 0.4) is 0 Å². The van der Waals surface area contributed by atoms with Gasteiger partial charge < -0.3 is 4.74 Å². The second-order valence-electron chi connectivity index (χ2n) is 6.74. The molecule has 2 aromatic carbocycles. The van der Waals surface area contributed by atoms with Crippen molar-refractivity contribution in [2.45, 2.75) is 37.4 Å². The van der Waals surface area contributed by atoms with Crippen molar-refractivity contribution in [1.82, 2.24) is 0 Å². The fraction of sp³-hybridized carbons (Fsp3) is 0.300. The van der Waals surface area contributed by atoms with E-state index in [-0.39, 0.29) is 20.5 Å². The molecule has 0 spiro atoms. The molecule has 0 saturated carbocycles. The Morgan fingerprint density at radius 3 is 2.44 bits per heavy atom. The number of halogens is 4. The quantitative estimate of drug-likeness (QED) is 0.178. The number of hydrogen-bond acceptors (Lipinski definition) is 7. The Labute approximate surface area is 200 Å². The molecule has 0 aliphatic carbocycles. The van der Waals surface area contributed by atoms with Gasteiger partial charge in [0.05, 0.1) is 16.8 Å². The van der Waals surface area contributed by atoms with Crippen molar-refractivity contribution in [2.24, 2.45) is 5.16 Å². The average Bonchev–Trinajstić information content (AvgIpc) is 2.73. The molecular formula is C20H19Cl3FNO6S. The van der Waals surface area contributed by atoms with E-state index in [4.69, 9.17) is 44.0 Å². The minimum atomic E-state index is -4.46. The molecule has 0 saturated heterocycles. The Balaban J connectivity index is 2.22. The highest BCUT2D eigenvalue weighted by Gasteiger charge is 2.28. The molecular weight excluding hydrogens is 508 g/mol. The summed E-state index contributed by atoms with van der Waals surface area (Å²) in [7, 11) is -4.46. The van der Waals surface area contributed by atoms with Gasteiger partial charge in [0.15, 0.2) is 11.9 Å². The molecule has 0 aliphatic heterocycles. The average molecular weight is 527 g/mol. The monoisotopic (exact) mass is 525 g/mol. The van der Waals surface area contributed by atoms with E-state index < -0.39 is 41.4 Å². The smallest absolute Gasteiger partial charge is 0.338 e. The summed E-state index contributed by atoms with van der Waals surface area (Å²) in [5, 5.41) is 3.17. The number of rotatable bonds is 10. The van der Waals surface area contributed by atoms with Crippen LogP contribution in [0.4, 0.5) is 4.39 Å². The second-order valence-corrected chi connectivity index (χ2v) is 9.24. The minimum absolute atomic E-state index is 0.176. The van der Waals surface area contributed by atoms with Crippen molar-refractivity contribution >= 4 is 57.4 Å². The molecule has 0 aromatic heterocycles. The molecule has 0 amide bonds. The predicted molar refractivity (Wildman–Crippen MR) is 120 cm³/mol. The number of carbonyl (C=O) groups is 1. The van der Waals surface area contributed by atoms with Gasteiger partial charge in [0.2, 0.25) is 0 Å². The van der Waals surface area contributed by atoms with Crippen LogP contribution in [0.2, 0.25) is 10.0 Å². The molecule has 174 valence electrons. The van der Waals surface area contributed by atoms with Gasteiger partial charge in [-0.3, -0.25) is 8.57 Å². The molecule has 0 N–H and O–H groups in total. The molecule has 2 atom stereocenters. The van der Waals surface area contributed by atoms with Gasteiger partial charge in [-0.15, -0.1) is 0 Å². The number of carbonyl (C=O) groups excluding carboxylic acids is 1. The highest BCUT2D eigenvalue weighted by molar-refractivity contribution is 7.87. The van der Waals surface area contributed by atoms with E-state index in [1.54, 1.807) is 31.2 Å². The van der Waals surface area contributed by atoms with Crippen LogP contribution in [-0.4, -0.2) is 39.5 Å². The van der Waals surface area contributed by atoms with Crippen molar-refractivity contribution in [1.29, 1.82) is 0 Å². The summed E-state index contributed by atoms with van der Waals surface area (Å²) in [6.07, 6.45) is -3.04. The van der Waals surface area contributed by atoms with Gasteiger partial charge in [-0.05, 0) is 43.7 Å². The molecule has 0 radical (unpaired) electrons. The van der Waals surface area contributed by atoms with Crippen LogP contribution in [0.1, 0.15) is 27.9 Å². The van der Waals surface area contributed by atoms with E-state index in [0.717, 1.165) is 5.56 Å². The van der Waals surface area contributed by atoms with E-state index >= 15 is 0 Å². The fourth-order valence-corrected chi connectivity index (χ4v) is 4.46. The maximum Gasteiger partial charge on any atom is 0.338 e. The van der Waals surface area contributed by atoms with Crippen molar-refractivity contribution in [3.8, 4) is 0 Å². The molecule has 12 heteroatoms. The lowest BCUT2D eigenvalue weighted by Gasteiger charge is -2.19. The maximum atomic E-state index is 14.2. The Kier molecular flexibility index (Phi) is 9.72. The lowest BCUT2D eigenvalue weighted by Crippen LogP contribution is -2.29. The Hall–Kier alpha value is -1.91. The topological polar surface area (TPSA) is 91.3 Å². The first-order chi connectivity index (χ1) is 15.0. The number of aryl methyl sites for hydroxylation is 2. The normalized spacial score (nSPS) is 13.7. The third-order valence-corrected chi connectivity index (χ3v) is 6.50. The van der Waals surface area contributed by atoms with Gasteiger partial charge >= 0.3 is 5.97 Å².